The van der Waals surface area contributed by atoms with Gasteiger partial charge in [-0.05, 0) is 32.1 Å². The van der Waals surface area contributed by atoms with Crippen molar-refractivity contribution in [3.63, 3.8) is 0 Å². The number of benzene rings is 1. The molecule has 1 aromatic rings. The highest BCUT2D eigenvalue weighted by Gasteiger charge is 2.02. The van der Waals surface area contributed by atoms with Gasteiger partial charge in [-0.1, -0.05) is 0 Å². The fourth-order valence-corrected chi connectivity index (χ4v) is 1.25. The molecular formula is C13H15FO3. The van der Waals surface area contributed by atoms with Crippen LogP contribution in [-0.2, 0) is 9.53 Å². The Morgan fingerprint density at radius 2 is 2.12 bits per heavy atom. The monoisotopic (exact) mass is 238 g/mol. The van der Waals surface area contributed by atoms with E-state index in [1.54, 1.807) is 19.1 Å². The molecule has 0 aromatic heterocycles. The van der Waals surface area contributed by atoms with E-state index in [4.69, 9.17) is 9.47 Å². The van der Waals surface area contributed by atoms with Crippen molar-refractivity contribution in [2.45, 2.75) is 13.8 Å². The molecule has 0 atom stereocenters. The van der Waals surface area contributed by atoms with Gasteiger partial charge in [0.2, 0.25) is 0 Å². The van der Waals surface area contributed by atoms with Gasteiger partial charge in [-0.25, -0.2) is 9.18 Å². The summed E-state index contributed by atoms with van der Waals surface area (Å²) in [6.45, 7) is 4.32. The van der Waals surface area contributed by atoms with Gasteiger partial charge in [0, 0.05) is 17.7 Å². The Balaban J connectivity index is 2.75. The minimum Gasteiger partial charge on any atom is -0.494 e. The van der Waals surface area contributed by atoms with Crippen LogP contribution in [0.4, 0.5) is 4.39 Å². The van der Waals surface area contributed by atoms with E-state index in [1.165, 1.54) is 18.2 Å². The molecule has 17 heavy (non-hydrogen) atoms. The maximum Gasteiger partial charge on any atom is 0.330 e. The molecule has 92 valence electrons. The molecule has 0 amide bonds. The molecule has 3 nitrogen and oxygen atoms in total. The van der Waals surface area contributed by atoms with Gasteiger partial charge in [-0.15, -0.1) is 0 Å². The van der Waals surface area contributed by atoms with Crippen LogP contribution >= 0.6 is 0 Å². The Labute approximate surface area is 99.9 Å². The van der Waals surface area contributed by atoms with Crippen molar-refractivity contribution in [2.75, 3.05) is 13.2 Å². The molecule has 0 unspecified atom stereocenters. The molecule has 0 spiro atoms. The lowest BCUT2D eigenvalue weighted by Gasteiger charge is -2.04. The van der Waals surface area contributed by atoms with E-state index < -0.39 is 11.8 Å². The second kappa shape index (κ2) is 6.68. The Bertz CT molecular complexity index is 413. The quantitative estimate of drug-likeness (QED) is 0.584. The van der Waals surface area contributed by atoms with E-state index in [-0.39, 0.29) is 0 Å². The van der Waals surface area contributed by atoms with Crippen LogP contribution in [0.1, 0.15) is 19.4 Å². The topological polar surface area (TPSA) is 35.5 Å². The zero-order valence-corrected chi connectivity index (χ0v) is 9.90. The summed E-state index contributed by atoms with van der Waals surface area (Å²) in [5.41, 5.74) is 0.321. The van der Waals surface area contributed by atoms with Gasteiger partial charge >= 0.3 is 5.97 Å². The van der Waals surface area contributed by atoms with E-state index in [1.807, 2.05) is 6.92 Å². The molecule has 0 fully saturated rings. The van der Waals surface area contributed by atoms with Crippen LogP contribution in [0.25, 0.3) is 6.08 Å². The number of hydrogen-bond acceptors (Lipinski definition) is 3. The predicted molar refractivity (Wildman–Crippen MR) is 63.2 cm³/mol. The van der Waals surface area contributed by atoms with Crippen molar-refractivity contribution in [2.24, 2.45) is 0 Å². The van der Waals surface area contributed by atoms with Crippen LogP contribution in [0.5, 0.6) is 5.75 Å². The second-order valence-corrected chi connectivity index (χ2v) is 3.20. The third-order valence-electron chi connectivity index (χ3n) is 1.97. The Hall–Kier alpha value is -1.84. The third-order valence-corrected chi connectivity index (χ3v) is 1.97. The minimum atomic E-state index is -0.485. The Morgan fingerprint density at radius 3 is 2.71 bits per heavy atom. The van der Waals surface area contributed by atoms with Crippen LogP contribution < -0.4 is 4.74 Å². The summed E-state index contributed by atoms with van der Waals surface area (Å²) in [5, 5.41) is 0. The van der Waals surface area contributed by atoms with Gasteiger partial charge in [0.25, 0.3) is 0 Å². The average Bonchev–Trinajstić information content (AvgIpc) is 2.29. The van der Waals surface area contributed by atoms with E-state index in [9.17, 15) is 9.18 Å². The highest BCUT2D eigenvalue weighted by molar-refractivity contribution is 5.87. The maximum absolute atomic E-state index is 13.5. The fraction of sp³-hybridized carbons (Fsp3) is 0.308. The van der Waals surface area contributed by atoms with Crippen molar-refractivity contribution < 1.29 is 18.7 Å². The molecule has 1 rings (SSSR count). The normalized spacial score (nSPS) is 10.5. The molecule has 0 bridgehead atoms. The highest BCUT2D eigenvalue weighted by Crippen LogP contribution is 2.17. The van der Waals surface area contributed by atoms with E-state index in [2.05, 4.69) is 0 Å². The zero-order valence-electron chi connectivity index (χ0n) is 9.90. The molecule has 0 saturated carbocycles. The first kappa shape index (κ1) is 13.2. The van der Waals surface area contributed by atoms with E-state index in [0.29, 0.717) is 24.5 Å². The van der Waals surface area contributed by atoms with E-state index in [0.717, 1.165) is 0 Å². The molecule has 4 heteroatoms. The zero-order chi connectivity index (χ0) is 12.7. The third kappa shape index (κ3) is 4.26. The van der Waals surface area contributed by atoms with Crippen molar-refractivity contribution >= 4 is 12.0 Å². The molecule has 0 heterocycles. The lowest BCUT2D eigenvalue weighted by atomic mass is 10.2. The number of hydrogen-bond donors (Lipinski definition) is 0. The first-order valence-corrected chi connectivity index (χ1v) is 5.44. The summed E-state index contributed by atoms with van der Waals surface area (Å²) < 4.78 is 23.4. The lowest BCUT2D eigenvalue weighted by Crippen LogP contribution is -1.99. The van der Waals surface area contributed by atoms with Gasteiger partial charge < -0.3 is 9.47 Å². The SMILES string of the molecule is CCOC(=O)C=Cc1ccc(OCC)cc1F. The summed E-state index contributed by atoms with van der Waals surface area (Å²) in [7, 11) is 0. The molecule has 0 saturated heterocycles. The molecule has 0 aliphatic heterocycles. The van der Waals surface area contributed by atoms with Gasteiger partial charge in [-0.3, -0.25) is 0 Å². The summed E-state index contributed by atoms with van der Waals surface area (Å²) in [6, 6.07) is 4.49. The summed E-state index contributed by atoms with van der Waals surface area (Å²) in [4.78, 5) is 11.0. The van der Waals surface area contributed by atoms with Gasteiger partial charge in [0.05, 0.1) is 13.2 Å². The number of carbonyl (C=O) groups excluding carboxylic acids is 1. The first-order chi connectivity index (χ1) is 8.17. The summed E-state index contributed by atoms with van der Waals surface area (Å²) in [5.74, 6) is -0.449. The van der Waals surface area contributed by atoms with Crippen LogP contribution in [-0.4, -0.2) is 19.2 Å². The number of esters is 1. The van der Waals surface area contributed by atoms with Crippen molar-refractivity contribution in [3.8, 4) is 5.75 Å². The standard InChI is InChI=1S/C13H15FO3/c1-3-16-11-7-5-10(12(14)9-11)6-8-13(15)17-4-2/h5-9H,3-4H2,1-2H3. The summed E-state index contributed by atoms with van der Waals surface area (Å²) >= 11 is 0. The van der Waals surface area contributed by atoms with Gasteiger partial charge in [-0.2, -0.15) is 0 Å². The predicted octanol–water partition coefficient (Wildman–Crippen LogP) is 2.80. The van der Waals surface area contributed by atoms with Crippen molar-refractivity contribution in [3.05, 3.63) is 35.7 Å². The largest absolute Gasteiger partial charge is 0.494 e. The Kier molecular flexibility index (Phi) is 5.20. The van der Waals surface area contributed by atoms with Crippen LogP contribution in [0, 0.1) is 5.82 Å². The molecule has 0 aliphatic carbocycles. The number of halogens is 1. The number of ether oxygens (including phenoxy) is 2. The smallest absolute Gasteiger partial charge is 0.330 e. The van der Waals surface area contributed by atoms with Crippen LogP contribution in [0.3, 0.4) is 0 Å². The van der Waals surface area contributed by atoms with E-state index >= 15 is 0 Å². The molecule has 0 aliphatic rings. The average molecular weight is 238 g/mol. The second-order valence-electron chi connectivity index (χ2n) is 3.20. The molecular weight excluding hydrogens is 223 g/mol. The van der Waals surface area contributed by atoms with Crippen LogP contribution in [0.2, 0.25) is 0 Å². The van der Waals surface area contributed by atoms with Gasteiger partial charge in [0.1, 0.15) is 11.6 Å². The Morgan fingerprint density at radius 1 is 1.35 bits per heavy atom. The first-order valence-electron chi connectivity index (χ1n) is 5.44. The highest BCUT2D eigenvalue weighted by atomic mass is 19.1. The minimum absolute atomic E-state index is 0.301. The van der Waals surface area contributed by atoms with Crippen molar-refractivity contribution in [1.29, 1.82) is 0 Å². The van der Waals surface area contributed by atoms with Gasteiger partial charge in [0.15, 0.2) is 0 Å². The van der Waals surface area contributed by atoms with Crippen LogP contribution in [0.15, 0.2) is 24.3 Å². The molecule has 0 radical (unpaired) electrons. The molecule has 1 aromatic carbocycles. The molecule has 0 N–H and O–H groups in total. The number of rotatable bonds is 5. The lowest BCUT2D eigenvalue weighted by molar-refractivity contribution is -0.137. The fourth-order valence-electron chi connectivity index (χ4n) is 1.25. The maximum atomic E-state index is 13.5. The summed E-state index contributed by atoms with van der Waals surface area (Å²) in [6.07, 6.45) is 2.57. The van der Waals surface area contributed by atoms with Crippen molar-refractivity contribution in [1.82, 2.24) is 0 Å². The number of carbonyl (C=O) groups is 1.